The maximum Gasteiger partial charge on any atom is 0.244 e. The van der Waals surface area contributed by atoms with Crippen LogP contribution in [-0.2, 0) is 19.6 Å². The van der Waals surface area contributed by atoms with E-state index < -0.39 is 34.9 Å². The van der Waals surface area contributed by atoms with Gasteiger partial charge in [0, 0.05) is 0 Å². The van der Waals surface area contributed by atoms with Crippen LogP contribution < -0.4 is 11.5 Å². The van der Waals surface area contributed by atoms with Crippen molar-refractivity contribution in [3.63, 3.8) is 0 Å². The second-order valence-corrected chi connectivity index (χ2v) is 5.78. The molecule has 0 atom stereocenters. The summed E-state index contributed by atoms with van der Waals surface area (Å²) in [6.07, 6.45) is 0. The van der Waals surface area contributed by atoms with Crippen molar-refractivity contribution in [2.45, 2.75) is 4.90 Å². The maximum atomic E-state index is 12.3. The minimum atomic E-state index is -4.14. The molecular weight excluding hydrogens is 284 g/mol. The van der Waals surface area contributed by atoms with Crippen molar-refractivity contribution in [3.8, 4) is 6.07 Å². The van der Waals surface area contributed by atoms with E-state index in [9.17, 15) is 18.0 Å². The minimum absolute atomic E-state index is 0.129. The van der Waals surface area contributed by atoms with E-state index in [1.807, 2.05) is 0 Å². The molecule has 0 unspecified atom stereocenters. The maximum absolute atomic E-state index is 12.3. The Morgan fingerprint density at radius 2 is 1.75 bits per heavy atom. The summed E-state index contributed by atoms with van der Waals surface area (Å²) in [6.45, 7) is -1.36. The van der Waals surface area contributed by atoms with Gasteiger partial charge in [0.05, 0.1) is 29.6 Å². The van der Waals surface area contributed by atoms with E-state index in [1.165, 1.54) is 18.2 Å². The van der Waals surface area contributed by atoms with Gasteiger partial charge in [-0.3, -0.25) is 9.59 Å². The molecule has 0 aromatic heterocycles. The van der Waals surface area contributed by atoms with Crippen molar-refractivity contribution in [3.05, 3.63) is 29.8 Å². The molecule has 0 radical (unpaired) electrons. The molecule has 9 heteroatoms. The second-order valence-electron chi connectivity index (χ2n) is 3.85. The molecular formula is C11H12N4O4S. The summed E-state index contributed by atoms with van der Waals surface area (Å²) in [5.74, 6) is -1.85. The molecule has 0 aliphatic carbocycles. The lowest BCUT2D eigenvalue weighted by molar-refractivity contribution is -0.120. The Labute approximate surface area is 115 Å². The molecule has 0 saturated carbocycles. The van der Waals surface area contributed by atoms with Crippen LogP contribution in [0.2, 0.25) is 0 Å². The molecule has 106 valence electrons. The first-order valence-electron chi connectivity index (χ1n) is 5.34. The third-order valence-corrected chi connectivity index (χ3v) is 4.05. The lowest BCUT2D eigenvalue weighted by Gasteiger charge is -2.19. The highest BCUT2D eigenvalue weighted by atomic mass is 32.2. The molecule has 0 bridgehead atoms. The fourth-order valence-electron chi connectivity index (χ4n) is 1.45. The number of hydrogen-bond donors (Lipinski definition) is 2. The smallest absolute Gasteiger partial charge is 0.244 e. The highest BCUT2D eigenvalue weighted by Crippen LogP contribution is 2.16. The summed E-state index contributed by atoms with van der Waals surface area (Å²) in [6, 6.07) is 6.96. The van der Waals surface area contributed by atoms with Crippen LogP contribution in [0.25, 0.3) is 0 Å². The first-order chi connectivity index (χ1) is 9.27. The number of amides is 2. The van der Waals surface area contributed by atoms with Crippen molar-refractivity contribution in [1.29, 1.82) is 5.26 Å². The normalized spacial score (nSPS) is 11.0. The summed E-state index contributed by atoms with van der Waals surface area (Å²) in [7, 11) is -4.14. The Bertz CT molecular complexity index is 662. The molecule has 1 aromatic carbocycles. The number of nitrogens with two attached hydrogens (primary N) is 2. The van der Waals surface area contributed by atoms with Crippen molar-refractivity contribution in [2.24, 2.45) is 11.5 Å². The molecule has 0 spiro atoms. The van der Waals surface area contributed by atoms with E-state index in [0.717, 1.165) is 6.07 Å². The Kier molecular flexibility index (Phi) is 4.79. The zero-order valence-electron chi connectivity index (χ0n) is 10.3. The molecule has 1 rings (SSSR count). The summed E-state index contributed by atoms with van der Waals surface area (Å²) in [5, 5.41) is 8.75. The largest absolute Gasteiger partial charge is 0.369 e. The quantitative estimate of drug-likeness (QED) is 0.656. The van der Waals surface area contributed by atoms with Gasteiger partial charge >= 0.3 is 0 Å². The number of nitriles is 1. The van der Waals surface area contributed by atoms with Gasteiger partial charge in [0.15, 0.2) is 0 Å². The highest BCUT2D eigenvalue weighted by Gasteiger charge is 2.27. The van der Waals surface area contributed by atoms with Gasteiger partial charge in [-0.1, -0.05) is 6.07 Å². The molecule has 0 fully saturated rings. The Morgan fingerprint density at radius 3 is 2.20 bits per heavy atom. The molecule has 0 aliphatic heterocycles. The highest BCUT2D eigenvalue weighted by molar-refractivity contribution is 7.89. The van der Waals surface area contributed by atoms with Crippen LogP contribution in [0.1, 0.15) is 5.56 Å². The van der Waals surface area contributed by atoms with Gasteiger partial charge in [-0.2, -0.15) is 9.57 Å². The van der Waals surface area contributed by atoms with E-state index in [0.29, 0.717) is 4.31 Å². The first kappa shape index (κ1) is 15.6. The summed E-state index contributed by atoms with van der Waals surface area (Å²) in [4.78, 5) is 21.6. The van der Waals surface area contributed by atoms with Gasteiger partial charge in [0.1, 0.15) is 0 Å². The van der Waals surface area contributed by atoms with E-state index in [-0.39, 0.29) is 10.5 Å². The molecule has 20 heavy (non-hydrogen) atoms. The fraction of sp³-hybridized carbons (Fsp3) is 0.182. The van der Waals surface area contributed by atoms with Crippen molar-refractivity contribution < 1.29 is 18.0 Å². The topological polar surface area (TPSA) is 147 Å². The third kappa shape index (κ3) is 3.78. The monoisotopic (exact) mass is 296 g/mol. The van der Waals surface area contributed by atoms with Gasteiger partial charge in [-0.25, -0.2) is 8.42 Å². The van der Waals surface area contributed by atoms with Crippen LogP contribution in [0.3, 0.4) is 0 Å². The van der Waals surface area contributed by atoms with Crippen LogP contribution in [0.5, 0.6) is 0 Å². The Hall–Kier alpha value is -2.44. The Morgan fingerprint density at radius 1 is 1.20 bits per heavy atom. The number of sulfonamides is 1. The van der Waals surface area contributed by atoms with Gasteiger partial charge in [-0.15, -0.1) is 0 Å². The van der Waals surface area contributed by atoms with Crippen LogP contribution in [0, 0.1) is 11.3 Å². The standard InChI is InChI=1S/C11H12N4O4S/c12-5-8-2-1-3-9(4-8)20(18,19)15(6-10(13)16)7-11(14)17/h1-4H,6-7H2,(H2,13,16)(H2,14,17). The van der Waals surface area contributed by atoms with Crippen LogP contribution in [0.4, 0.5) is 0 Å². The predicted octanol–water partition coefficient (Wildman–Crippen LogP) is -1.48. The fourth-order valence-corrected chi connectivity index (χ4v) is 2.87. The number of carbonyl (C=O) groups is 2. The summed E-state index contributed by atoms with van der Waals surface area (Å²) in [5.41, 5.74) is 10.0. The number of carbonyl (C=O) groups excluding carboxylic acids is 2. The lowest BCUT2D eigenvalue weighted by atomic mass is 10.2. The van der Waals surface area contributed by atoms with Crippen LogP contribution >= 0.6 is 0 Å². The molecule has 1 aromatic rings. The van der Waals surface area contributed by atoms with Gasteiger partial charge < -0.3 is 11.5 Å². The zero-order chi connectivity index (χ0) is 15.3. The molecule has 0 saturated heterocycles. The molecule has 0 heterocycles. The number of primary amides is 2. The van der Waals surface area contributed by atoms with Crippen molar-refractivity contribution >= 4 is 21.8 Å². The molecule has 0 aliphatic rings. The Balaban J connectivity index is 3.24. The van der Waals surface area contributed by atoms with E-state index in [4.69, 9.17) is 16.7 Å². The summed E-state index contributed by atoms with van der Waals surface area (Å²) >= 11 is 0. The van der Waals surface area contributed by atoms with Crippen molar-refractivity contribution in [2.75, 3.05) is 13.1 Å². The first-order valence-corrected chi connectivity index (χ1v) is 6.78. The van der Waals surface area contributed by atoms with E-state index in [1.54, 1.807) is 6.07 Å². The molecule has 8 nitrogen and oxygen atoms in total. The average molecular weight is 296 g/mol. The molecule has 2 amide bonds. The summed E-state index contributed by atoms with van der Waals surface area (Å²) < 4.78 is 25.1. The van der Waals surface area contributed by atoms with Crippen molar-refractivity contribution in [1.82, 2.24) is 4.31 Å². The number of rotatable bonds is 6. The number of hydrogen-bond acceptors (Lipinski definition) is 5. The van der Waals surface area contributed by atoms with Crippen LogP contribution in [-0.4, -0.2) is 37.6 Å². The second kappa shape index (κ2) is 6.14. The third-order valence-electron chi connectivity index (χ3n) is 2.27. The number of benzene rings is 1. The number of nitrogens with zero attached hydrogens (tertiary/aromatic N) is 2. The van der Waals surface area contributed by atoms with Gasteiger partial charge in [0.25, 0.3) is 0 Å². The van der Waals surface area contributed by atoms with E-state index >= 15 is 0 Å². The zero-order valence-corrected chi connectivity index (χ0v) is 11.1. The SMILES string of the molecule is N#Cc1cccc(S(=O)(=O)N(CC(N)=O)CC(N)=O)c1. The minimum Gasteiger partial charge on any atom is -0.369 e. The van der Waals surface area contributed by atoms with Crippen LogP contribution in [0.15, 0.2) is 29.2 Å². The lowest BCUT2D eigenvalue weighted by Crippen LogP contribution is -2.43. The van der Waals surface area contributed by atoms with E-state index in [2.05, 4.69) is 0 Å². The van der Waals surface area contributed by atoms with Gasteiger partial charge in [-0.05, 0) is 18.2 Å². The average Bonchev–Trinajstić information content (AvgIpc) is 2.37. The van der Waals surface area contributed by atoms with Gasteiger partial charge in [0.2, 0.25) is 21.8 Å². The molecule has 4 N–H and O–H groups in total. The predicted molar refractivity (Wildman–Crippen MR) is 68.3 cm³/mol.